The SMILES string of the molecule is CN(C(=O)CCCc1ccc(Br)s1)C1CCNC1. The van der Waals surface area contributed by atoms with Gasteiger partial charge in [0.25, 0.3) is 0 Å². The van der Waals surface area contributed by atoms with E-state index in [1.54, 1.807) is 11.3 Å². The zero-order valence-electron chi connectivity index (χ0n) is 10.6. The molecular weight excluding hydrogens is 312 g/mol. The van der Waals surface area contributed by atoms with Gasteiger partial charge in [-0.1, -0.05) is 0 Å². The van der Waals surface area contributed by atoms with Crippen LogP contribution in [-0.2, 0) is 11.2 Å². The predicted molar refractivity (Wildman–Crippen MR) is 79.0 cm³/mol. The highest BCUT2D eigenvalue weighted by Crippen LogP contribution is 2.23. The maximum Gasteiger partial charge on any atom is 0.222 e. The van der Waals surface area contributed by atoms with Gasteiger partial charge in [-0.3, -0.25) is 4.79 Å². The van der Waals surface area contributed by atoms with Gasteiger partial charge in [0.1, 0.15) is 0 Å². The molecule has 0 saturated carbocycles. The van der Waals surface area contributed by atoms with Crippen LogP contribution in [0.2, 0.25) is 0 Å². The van der Waals surface area contributed by atoms with Gasteiger partial charge in [0.05, 0.1) is 3.79 Å². The van der Waals surface area contributed by atoms with Crippen molar-refractivity contribution in [2.45, 2.75) is 31.7 Å². The van der Waals surface area contributed by atoms with Crippen molar-refractivity contribution in [3.63, 3.8) is 0 Å². The molecule has 2 heterocycles. The van der Waals surface area contributed by atoms with E-state index in [1.807, 2.05) is 11.9 Å². The Bertz CT molecular complexity index is 401. The van der Waals surface area contributed by atoms with Crippen molar-refractivity contribution in [1.29, 1.82) is 0 Å². The number of thiophene rings is 1. The summed E-state index contributed by atoms with van der Waals surface area (Å²) >= 11 is 5.21. The number of amides is 1. The molecule has 1 atom stereocenters. The molecule has 18 heavy (non-hydrogen) atoms. The van der Waals surface area contributed by atoms with Crippen LogP contribution in [-0.4, -0.2) is 37.0 Å². The lowest BCUT2D eigenvalue weighted by molar-refractivity contribution is -0.131. The van der Waals surface area contributed by atoms with Crippen molar-refractivity contribution in [3.05, 3.63) is 20.8 Å². The second-order valence-electron chi connectivity index (χ2n) is 4.71. The molecule has 2 rings (SSSR count). The molecule has 1 unspecified atom stereocenters. The average molecular weight is 331 g/mol. The van der Waals surface area contributed by atoms with Crippen LogP contribution in [0, 0.1) is 0 Å². The van der Waals surface area contributed by atoms with E-state index < -0.39 is 0 Å². The monoisotopic (exact) mass is 330 g/mol. The molecule has 1 aliphatic heterocycles. The van der Waals surface area contributed by atoms with E-state index >= 15 is 0 Å². The van der Waals surface area contributed by atoms with Gasteiger partial charge in [0, 0.05) is 30.9 Å². The minimum absolute atomic E-state index is 0.277. The van der Waals surface area contributed by atoms with E-state index in [0.717, 1.165) is 36.1 Å². The first kappa shape index (κ1) is 14.0. The maximum absolute atomic E-state index is 12.0. The van der Waals surface area contributed by atoms with Crippen molar-refractivity contribution in [3.8, 4) is 0 Å². The van der Waals surface area contributed by atoms with E-state index in [-0.39, 0.29) is 5.91 Å². The number of nitrogens with one attached hydrogen (secondary N) is 1. The topological polar surface area (TPSA) is 32.3 Å². The minimum Gasteiger partial charge on any atom is -0.341 e. The Morgan fingerprint density at radius 3 is 3.06 bits per heavy atom. The number of nitrogens with zero attached hydrogens (tertiary/aromatic N) is 1. The van der Waals surface area contributed by atoms with E-state index in [2.05, 4.69) is 33.4 Å². The third kappa shape index (κ3) is 3.80. The highest BCUT2D eigenvalue weighted by Gasteiger charge is 2.22. The van der Waals surface area contributed by atoms with Gasteiger partial charge >= 0.3 is 0 Å². The molecule has 1 saturated heterocycles. The van der Waals surface area contributed by atoms with E-state index in [9.17, 15) is 4.79 Å². The normalized spacial score (nSPS) is 19.1. The minimum atomic E-state index is 0.277. The zero-order valence-corrected chi connectivity index (χ0v) is 13.0. The van der Waals surface area contributed by atoms with Crippen molar-refractivity contribution in [2.75, 3.05) is 20.1 Å². The molecule has 0 radical (unpaired) electrons. The molecule has 0 aromatic carbocycles. The summed E-state index contributed by atoms with van der Waals surface area (Å²) in [5, 5.41) is 3.30. The fraction of sp³-hybridized carbons (Fsp3) is 0.615. The number of halogens is 1. The quantitative estimate of drug-likeness (QED) is 0.900. The zero-order chi connectivity index (χ0) is 13.0. The van der Waals surface area contributed by atoms with Crippen LogP contribution in [0.1, 0.15) is 24.1 Å². The first-order valence-corrected chi connectivity index (χ1v) is 7.98. The Balaban J connectivity index is 1.71. The molecule has 1 aromatic rings. The molecule has 0 spiro atoms. The second kappa shape index (κ2) is 6.68. The van der Waals surface area contributed by atoms with E-state index in [0.29, 0.717) is 12.5 Å². The summed E-state index contributed by atoms with van der Waals surface area (Å²) in [6, 6.07) is 4.59. The molecule has 5 heteroatoms. The summed E-state index contributed by atoms with van der Waals surface area (Å²) in [6.07, 6.45) is 3.68. The van der Waals surface area contributed by atoms with Crippen LogP contribution >= 0.6 is 27.3 Å². The molecule has 3 nitrogen and oxygen atoms in total. The summed E-state index contributed by atoms with van der Waals surface area (Å²) in [5.74, 6) is 0.277. The van der Waals surface area contributed by atoms with Gasteiger partial charge in [0.15, 0.2) is 0 Å². The standard InChI is InChI=1S/C13H19BrN2OS/c1-16(10-7-8-15-9-10)13(17)4-2-3-11-5-6-12(14)18-11/h5-6,10,15H,2-4,7-9H2,1H3. The number of likely N-dealkylation sites (N-methyl/N-ethyl adjacent to an activating group) is 1. The summed E-state index contributed by atoms with van der Waals surface area (Å²) in [4.78, 5) is 15.3. The van der Waals surface area contributed by atoms with Gasteiger partial charge in [-0.05, 0) is 53.9 Å². The van der Waals surface area contributed by atoms with Gasteiger partial charge in [-0.25, -0.2) is 0 Å². The Morgan fingerprint density at radius 1 is 1.61 bits per heavy atom. The van der Waals surface area contributed by atoms with Crippen molar-refractivity contribution < 1.29 is 4.79 Å². The van der Waals surface area contributed by atoms with E-state index in [4.69, 9.17) is 0 Å². The lowest BCUT2D eigenvalue weighted by Gasteiger charge is -2.23. The molecule has 1 aliphatic rings. The fourth-order valence-electron chi connectivity index (χ4n) is 2.25. The molecule has 1 amide bonds. The lowest BCUT2D eigenvalue weighted by Crippen LogP contribution is -2.38. The Labute approximate surface area is 121 Å². The highest BCUT2D eigenvalue weighted by molar-refractivity contribution is 9.11. The Morgan fingerprint density at radius 2 is 2.44 bits per heavy atom. The molecule has 1 fully saturated rings. The smallest absolute Gasteiger partial charge is 0.222 e. The lowest BCUT2D eigenvalue weighted by atomic mass is 10.1. The van der Waals surface area contributed by atoms with Crippen molar-refractivity contribution >= 4 is 33.2 Å². The average Bonchev–Trinajstić information content (AvgIpc) is 2.99. The number of carbonyl (C=O) groups excluding carboxylic acids is 1. The Kier molecular flexibility index (Phi) is 5.21. The first-order chi connectivity index (χ1) is 8.66. The number of aryl methyl sites for hydroxylation is 1. The Hall–Kier alpha value is -0.390. The maximum atomic E-state index is 12.0. The van der Waals surface area contributed by atoms with Crippen molar-refractivity contribution in [2.24, 2.45) is 0 Å². The number of rotatable bonds is 5. The van der Waals surface area contributed by atoms with Crippen LogP contribution in [0.3, 0.4) is 0 Å². The van der Waals surface area contributed by atoms with Crippen LogP contribution in [0.25, 0.3) is 0 Å². The highest BCUT2D eigenvalue weighted by atomic mass is 79.9. The van der Waals surface area contributed by atoms with Crippen LogP contribution in [0.5, 0.6) is 0 Å². The third-order valence-corrected chi connectivity index (χ3v) is 5.10. The number of hydrogen-bond donors (Lipinski definition) is 1. The third-order valence-electron chi connectivity index (χ3n) is 3.42. The van der Waals surface area contributed by atoms with E-state index in [1.165, 1.54) is 4.88 Å². The van der Waals surface area contributed by atoms with Crippen LogP contribution in [0.15, 0.2) is 15.9 Å². The number of hydrogen-bond acceptors (Lipinski definition) is 3. The first-order valence-electron chi connectivity index (χ1n) is 6.37. The van der Waals surface area contributed by atoms with Crippen LogP contribution < -0.4 is 5.32 Å². The molecule has 0 aliphatic carbocycles. The summed E-state index contributed by atoms with van der Waals surface area (Å²) in [6.45, 7) is 1.98. The van der Waals surface area contributed by atoms with Gasteiger partial charge in [-0.15, -0.1) is 11.3 Å². The van der Waals surface area contributed by atoms with Crippen molar-refractivity contribution in [1.82, 2.24) is 10.2 Å². The van der Waals surface area contributed by atoms with Gasteiger partial charge < -0.3 is 10.2 Å². The molecular formula is C13H19BrN2OS. The van der Waals surface area contributed by atoms with Crippen LogP contribution in [0.4, 0.5) is 0 Å². The summed E-state index contributed by atoms with van der Waals surface area (Å²) in [5.41, 5.74) is 0. The molecule has 1 aromatic heterocycles. The second-order valence-corrected chi connectivity index (χ2v) is 7.26. The summed E-state index contributed by atoms with van der Waals surface area (Å²) in [7, 11) is 1.93. The fourth-order valence-corrected chi connectivity index (χ4v) is 3.77. The largest absolute Gasteiger partial charge is 0.341 e. The molecule has 100 valence electrons. The summed E-state index contributed by atoms with van der Waals surface area (Å²) < 4.78 is 1.16. The predicted octanol–water partition coefficient (Wildman–Crippen LogP) is 2.65. The van der Waals surface area contributed by atoms with Gasteiger partial charge in [0.2, 0.25) is 5.91 Å². The number of carbonyl (C=O) groups is 1. The molecule has 1 N–H and O–H groups in total. The van der Waals surface area contributed by atoms with Gasteiger partial charge in [-0.2, -0.15) is 0 Å². The molecule has 0 bridgehead atoms.